The van der Waals surface area contributed by atoms with Crippen molar-refractivity contribution in [1.82, 2.24) is 10.2 Å². The third kappa shape index (κ3) is 5.99. The van der Waals surface area contributed by atoms with Crippen molar-refractivity contribution in [3.63, 3.8) is 0 Å². The average Bonchev–Trinajstić information content (AvgIpc) is 3.42. The number of amides is 2. The molecule has 1 N–H and O–H groups in total. The number of ether oxygens (including phenoxy) is 1. The fraction of sp³-hybridized carbons (Fsp3) is 0.640. The lowest BCUT2D eigenvalue weighted by Crippen LogP contribution is -2.50. The average molecular weight is 573 g/mol. The van der Waals surface area contributed by atoms with Gasteiger partial charge >= 0.3 is 6.09 Å². The highest BCUT2D eigenvalue weighted by Crippen LogP contribution is 2.38. The van der Waals surface area contributed by atoms with Gasteiger partial charge < -0.3 is 15.0 Å². The van der Waals surface area contributed by atoms with Crippen LogP contribution >= 0.6 is 11.6 Å². The smallest absolute Gasteiger partial charge is 0.411 e. The van der Waals surface area contributed by atoms with Gasteiger partial charge in [-0.1, -0.05) is 11.6 Å². The van der Waals surface area contributed by atoms with Gasteiger partial charge in [0, 0.05) is 38.2 Å². The fourth-order valence-corrected chi connectivity index (χ4v) is 6.93. The Kier molecular flexibility index (Phi) is 7.33. The van der Waals surface area contributed by atoms with Crippen LogP contribution in [0.3, 0.4) is 0 Å². The zero-order chi connectivity index (χ0) is 28.1. The predicted molar refractivity (Wildman–Crippen MR) is 136 cm³/mol. The van der Waals surface area contributed by atoms with Gasteiger partial charge in [0.1, 0.15) is 17.2 Å². The summed E-state index contributed by atoms with van der Waals surface area (Å²) < 4.78 is 59.8. The predicted octanol–water partition coefficient (Wildman–Crippen LogP) is 3.90. The molecule has 1 aromatic carbocycles. The van der Waals surface area contributed by atoms with Crippen molar-refractivity contribution in [3.8, 4) is 6.07 Å². The Morgan fingerprint density at radius 2 is 1.82 bits per heavy atom. The maximum Gasteiger partial charge on any atom is 0.411 e. The minimum atomic E-state index is -4.11. The largest absolute Gasteiger partial charge is 0.444 e. The van der Waals surface area contributed by atoms with E-state index >= 15 is 0 Å². The lowest BCUT2D eigenvalue weighted by Gasteiger charge is -2.33. The zero-order valence-electron chi connectivity index (χ0n) is 21.5. The summed E-state index contributed by atoms with van der Waals surface area (Å²) >= 11 is 6.39. The van der Waals surface area contributed by atoms with Crippen LogP contribution in [0.5, 0.6) is 0 Å². The van der Waals surface area contributed by atoms with Gasteiger partial charge in [-0.3, -0.25) is 9.69 Å². The molecule has 1 aromatic rings. The minimum Gasteiger partial charge on any atom is -0.444 e. The Hall–Kier alpha value is -2.65. The topological polar surface area (TPSA) is 120 Å². The molecular weight excluding hydrogens is 542 g/mol. The summed E-state index contributed by atoms with van der Waals surface area (Å²) in [5.41, 5.74) is -1.34. The van der Waals surface area contributed by atoms with Crippen LogP contribution in [0.2, 0.25) is 5.02 Å². The number of likely N-dealkylation sites (tertiary alicyclic amines) is 1. The standard InChI is InChI=1S/C25H31ClF2N4O5S/c1-23(2,3)37-22(34)32-14-17(13-19(32)21(33)30-24(15-29)6-7-24)38(35,36)20-5-4-16(12-18(20)26)31-10-8-25(27,28)9-11-31/h4-5,12,17,19H,6-11,13-14H2,1-3H3,(H,30,33)/t17-,19+/m1/s1. The number of piperidine rings is 1. The molecule has 9 nitrogen and oxygen atoms in total. The Balaban J connectivity index is 1.56. The molecular formula is C25H31ClF2N4O5S. The molecule has 0 aromatic heterocycles. The van der Waals surface area contributed by atoms with E-state index in [0.29, 0.717) is 18.5 Å². The molecule has 2 amide bonds. The third-order valence-electron chi connectivity index (χ3n) is 7.04. The molecule has 3 fully saturated rings. The van der Waals surface area contributed by atoms with Gasteiger partial charge in [0.05, 0.1) is 21.2 Å². The molecule has 2 atom stereocenters. The number of anilines is 1. The van der Waals surface area contributed by atoms with Crippen molar-refractivity contribution in [1.29, 1.82) is 5.26 Å². The highest BCUT2D eigenvalue weighted by atomic mass is 35.5. The highest BCUT2D eigenvalue weighted by molar-refractivity contribution is 7.92. The molecule has 4 rings (SSSR count). The normalized spacial score (nSPS) is 24.4. The number of benzene rings is 1. The zero-order valence-corrected chi connectivity index (χ0v) is 23.0. The summed E-state index contributed by atoms with van der Waals surface area (Å²) in [6.07, 6.45) is -0.679. The summed E-state index contributed by atoms with van der Waals surface area (Å²) in [6, 6.07) is 5.20. The summed E-state index contributed by atoms with van der Waals surface area (Å²) in [5, 5.41) is 10.8. The quantitative estimate of drug-likeness (QED) is 0.568. The molecule has 2 saturated heterocycles. The Labute approximate surface area is 226 Å². The van der Waals surface area contributed by atoms with Gasteiger partial charge in [0.25, 0.3) is 5.92 Å². The second-order valence-corrected chi connectivity index (χ2v) is 13.8. The first kappa shape index (κ1) is 28.4. The molecule has 2 aliphatic heterocycles. The summed E-state index contributed by atoms with van der Waals surface area (Å²) in [7, 11) is -4.11. The molecule has 38 heavy (non-hydrogen) atoms. The number of carbonyl (C=O) groups is 2. The number of hydrogen-bond acceptors (Lipinski definition) is 7. The monoisotopic (exact) mass is 572 g/mol. The van der Waals surface area contributed by atoms with E-state index in [0.717, 1.165) is 4.90 Å². The number of halogens is 3. The Bertz CT molecular complexity index is 1260. The maximum atomic E-state index is 13.6. The first-order valence-electron chi connectivity index (χ1n) is 12.4. The van der Waals surface area contributed by atoms with Crippen LogP contribution in [0.1, 0.15) is 52.9 Å². The number of nitriles is 1. The fourth-order valence-electron chi connectivity index (χ4n) is 4.69. The minimum absolute atomic E-state index is 0.0713. The highest BCUT2D eigenvalue weighted by Gasteiger charge is 2.51. The number of nitrogens with zero attached hydrogens (tertiary/aromatic N) is 3. The van der Waals surface area contributed by atoms with E-state index in [4.69, 9.17) is 16.3 Å². The maximum absolute atomic E-state index is 13.6. The number of sulfone groups is 1. The van der Waals surface area contributed by atoms with Crippen LogP contribution < -0.4 is 10.2 Å². The van der Waals surface area contributed by atoms with Crippen LogP contribution in [0, 0.1) is 11.3 Å². The number of hydrogen-bond donors (Lipinski definition) is 1. The summed E-state index contributed by atoms with van der Waals surface area (Å²) in [5.74, 6) is -3.34. The van der Waals surface area contributed by atoms with E-state index in [1.165, 1.54) is 18.2 Å². The molecule has 2 heterocycles. The van der Waals surface area contributed by atoms with Crippen LogP contribution in [-0.4, -0.2) is 73.3 Å². The molecule has 3 aliphatic rings. The van der Waals surface area contributed by atoms with Gasteiger partial charge in [0.2, 0.25) is 5.91 Å². The van der Waals surface area contributed by atoms with Crippen molar-refractivity contribution in [2.75, 3.05) is 24.5 Å². The lowest BCUT2D eigenvalue weighted by atomic mass is 10.1. The van der Waals surface area contributed by atoms with Crippen molar-refractivity contribution in [2.45, 2.75) is 86.1 Å². The van der Waals surface area contributed by atoms with E-state index in [9.17, 15) is 32.0 Å². The van der Waals surface area contributed by atoms with Crippen molar-refractivity contribution in [2.24, 2.45) is 0 Å². The van der Waals surface area contributed by atoms with Crippen LogP contribution in [0.4, 0.5) is 19.3 Å². The van der Waals surface area contributed by atoms with Gasteiger partial charge in [-0.2, -0.15) is 5.26 Å². The Morgan fingerprint density at radius 3 is 2.34 bits per heavy atom. The number of alkyl halides is 2. The molecule has 1 aliphatic carbocycles. The van der Waals surface area contributed by atoms with E-state index in [1.807, 2.05) is 0 Å². The second kappa shape index (κ2) is 9.83. The first-order chi connectivity index (χ1) is 17.6. The molecule has 0 spiro atoms. The van der Waals surface area contributed by atoms with Crippen LogP contribution in [0.15, 0.2) is 23.1 Å². The molecule has 0 bridgehead atoms. The summed E-state index contributed by atoms with van der Waals surface area (Å²) in [4.78, 5) is 28.7. The van der Waals surface area contributed by atoms with E-state index in [1.54, 1.807) is 25.7 Å². The van der Waals surface area contributed by atoms with Crippen LogP contribution in [-0.2, 0) is 19.4 Å². The van der Waals surface area contributed by atoms with Gasteiger partial charge in [-0.05, 0) is 58.2 Å². The first-order valence-corrected chi connectivity index (χ1v) is 14.4. The van der Waals surface area contributed by atoms with E-state index in [2.05, 4.69) is 11.4 Å². The van der Waals surface area contributed by atoms with E-state index < -0.39 is 50.2 Å². The Morgan fingerprint density at radius 1 is 1.18 bits per heavy atom. The molecule has 1 saturated carbocycles. The van der Waals surface area contributed by atoms with E-state index in [-0.39, 0.29) is 48.8 Å². The molecule has 13 heteroatoms. The van der Waals surface area contributed by atoms with Crippen molar-refractivity contribution >= 4 is 39.1 Å². The summed E-state index contributed by atoms with van der Waals surface area (Å²) in [6.45, 7) is 4.90. The SMILES string of the molecule is CC(C)(C)OC(=O)N1C[C@H](S(=O)(=O)c2ccc(N3CCC(F)(F)CC3)cc2Cl)C[C@H]1C(=O)NC1(C#N)CC1. The van der Waals surface area contributed by atoms with Gasteiger partial charge in [-0.25, -0.2) is 22.0 Å². The lowest BCUT2D eigenvalue weighted by molar-refractivity contribution is -0.126. The number of nitrogens with one attached hydrogen (secondary N) is 1. The molecule has 0 radical (unpaired) electrons. The van der Waals surface area contributed by atoms with Crippen LogP contribution in [0.25, 0.3) is 0 Å². The number of carbonyl (C=O) groups excluding carboxylic acids is 2. The third-order valence-corrected chi connectivity index (χ3v) is 9.65. The van der Waals surface area contributed by atoms with Crippen molar-refractivity contribution < 1.29 is 31.5 Å². The van der Waals surface area contributed by atoms with Crippen molar-refractivity contribution in [3.05, 3.63) is 23.2 Å². The molecule has 0 unspecified atom stereocenters. The number of rotatable bonds is 5. The van der Waals surface area contributed by atoms with Gasteiger partial charge in [0.15, 0.2) is 9.84 Å². The van der Waals surface area contributed by atoms with Gasteiger partial charge in [-0.15, -0.1) is 0 Å². The second-order valence-electron chi connectivity index (χ2n) is 11.2. The molecule has 208 valence electrons.